The molecule has 2 fully saturated rings. The maximum absolute atomic E-state index is 4.48. The third-order valence-electron chi connectivity index (χ3n) is 4.74. The molecule has 3 rings (SSSR count). The number of nitrogens with one attached hydrogen (secondary N) is 1. The Hall–Kier alpha value is -0.450. The standard InChI is InChI=1S/C15H25N3S/c1-2-5-13-10-17-15(6-3-4-7-15)12-18(13)11-14-16-8-9-19-14/h8-9,13,17H,2-7,10-12H2,1H3. The molecule has 4 heteroatoms. The molecule has 0 bridgehead atoms. The summed E-state index contributed by atoms with van der Waals surface area (Å²) >= 11 is 1.79. The fourth-order valence-corrected chi connectivity index (χ4v) is 4.37. The fraction of sp³-hybridized carbons (Fsp3) is 0.800. The minimum absolute atomic E-state index is 0.418. The Bertz CT molecular complexity index is 384. The van der Waals surface area contributed by atoms with Crippen molar-refractivity contribution in [3.63, 3.8) is 0 Å². The summed E-state index contributed by atoms with van der Waals surface area (Å²) in [6.07, 6.45) is 10.0. The van der Waals surface area contributed by atoms with Gasteiger partial charge < -0.3 is 5.32 Å². The number of aromatic nitrogens is 1. The van der Waals surface area contributed by atoms with E-state index >= 15 is 0 Å². The molecule has 19 heavy (non-hydrogen) atoms. The summed E-state index contributed by atoms with van der Waals surface area (Å²) in [6.45, 7) is 5.73. The first-order chi connectivity index (χ1) is 9.31. The second-order valence-corrected chi connectivity index (χ2v) is 7.12. The van der Waals surface area contributed by atoms with Crippen molar-refractivity contribution in [3.05, 3.63) is 16.6 Å². The van der Waals surface area contributed by atoms with Crippen molar-refractivity contribution in [2.45, 2.75) is 63.6 Å². The molecule has 0 amide bonds. The van der Waals surface area contributed by atoms with Gasteiger partial charge in [-0.05, 0) is 19.3 Å². The van der Waals surface area contributed by atoms with Crippen LogP contribution in [0.15, 0.2) is 11.6 Å². The zero-order valence-electron chi connectivity index (χ0n) is 11.9. The van der Waals surface area contributed by atoms with Crippen LogP contribution in [0, 0.1) is 0 Å². The summed E-state index contributed by atoms with van der Waals surface area (Å²) in [5, 5.41) is 7.25. The summed E-state index contributed by atoms with van der Waals surface area (Å²) in [4.78, 5) is 7.17. The SMILES string of the molecule is CCCC1CNC2(CCCC2)CN1Cc1nccs1. The first-order valence-corrected chi connectivity index (χ1v) is 8.57. The third kappa shape index (κ3) is 3.01. The topological polar surface area (TPSA) is 28.2 Å². The van der Waals surface area contributed by atoms with Crippen LogP contribution in [0.1, 0.15) is 50.5 Å². The van der Waals surface area contributed by atoms with E-state index in [1.54, 1.807) is 11.3 Å². The molecule has 1 aromatic rings. The highest BCUT2D eigenvalue weighted by molar-refractivity contribution is 7.09. The van der Waals surface area contributed by atoms with E-state index in [0.29, 0.717) is 11.6 Å². The minimum Gasteiger partial charge on any atom is -0.308 e. The quantitative estimate of drug-likeness (QED) is 0.918. The Kier molecular flexibility index (Phi) is 4.20. The highest BCUT2D eigenvalue weighted by Crippen LogP contribution is 2.34. The molecule has 1 saturated carbocycles. The Morgan fingerprint density at radius 2 is 2.32 bits per heavy atom. The van der Waals surface area contributed by atoms with Crippen molar-refractivity contribution in [2.75, 3.05) is 13.1 Å². The van der Waals surface area contributed by atoms with Crippen LogP contribution in [0.5, 0.6) is 0 Å². The Morgan fingerprint density at radius 1 is 1.47 bits per heavy atom. The molecule has 1 spiro atoms. The third-order valence-corrected chi connectivity index (χ3v) is 5.50. The average Bonchev–Trinajstić information content (AvgIpc) is 3.06. The molecule has 3 nitrogen and oxygen atoms in total. The van der Waals surface area contributed by atoms with Gasteiger partial charge in [-0.1, -0.05) is 26.2 Å². The average molecular weight is 279 g/mol. The molecule has 0 aromatic carbocycles. The maximum Gasteiger partial charge on any atom is 0.107 e. The molecule has 2 aliphatic rings. The smallest absolute Gasteiger partial charge is 0.107 e. The molecule has 1 saturated heterocycles. The van der Waals surface area contributed by atoms with Gasteiger partial charge in [0.15, 0.2) is 0 Å². The summed E-state index contributed by atoms with van der Waals surface area (Å²) in [6, 6.07) is 0.695. The lowest BCUT2D eigenvalue weighted by Gasteiger charge is -2.46. The number of nitrogens with zero attached hydrogens (tertiary/aromatic N) is 2. The lowest BCUT2D eigenvalue weighted by atomic mass is 9.91. The normalized spacial score (nSPS) is 27.1. The van der Waals surface area contributed by atoms with Gasteiger partial charge in [0.1, 0.15) is 5.01 Å². The first kappa shape index (κ1) is 13.5. The first-order valence-electron chi connectivity index (χ1n) is 7.69. The Balaban J connectivity index is 1.70. The summed E-state index contributed by atoms with van der Waals surface area (Å²) in [5.74, 6) is 0. The lowest BCUT2D eigenvalue weighted by Crippen LogP contribution is -2.62. The van der Waals surface area contributed by atoms with Crippen molar-refractivity contribution >= 4 is 11.3 Å². The monoisotopic (exact) mass is 279 g/mol. The van der Waals surface area contributed by atoms with Gasteiger partial charge in [-0.3, -0.25) is 4.90 Å². The Labute approximate surface area is 120 Å². The van der Waals surface area contributed by atoms with Crippen molar-refractivity contribution in [3.8, 4) is 0 Å². The van der Waals surface area contributed by atoms with Crippen molar-refractivity contribution in [1.82, 2.24) is 15.2 Å². The van der Waals surface area contributed by atoms with Crippen LogP contribution in [0.4, 0.5) is 0 Å². The van der Waals surface area contributed by atoms with Crippen LogP contribution in [0.2, 0.25) is 0 Å². The van der Waals surface area contributed by atoms with E-state index in [9.17, 15) is 0 Å². The van der Waals surface area contributed by atoms with Gasteiger partial charge in [0, 0.05) is 36.2 Å². The van der Waals surface area contributed by atoms with E-state index in [2.05, 4.69) is 27.5 Å². The van der Waals surface area contributed by atoms with Gasteiger partial charge in [0.05, 0.1) is 6.54 Å². The summed E-state index contributed by atoms with van der Waals surface area (Å²) < 4.78 is 0. The van der Waals surface area contributed by atoms with E-state index in [-0.39, 0.29) is 0 Å². The molecule has 1 aliphatic carbocycles. The molecule has 1 N–H and O–H groups in total. The van der Waals surface area contributed by atoms with Crippen LogP contribution in [-0.4, -0.2) is 34.6 Å². The molecule has 1 unspecified atom stereocenters. The molecule has 1 aliphatic heterocycles. The predicted octanol–water partition coefficient (Wildman–Crippen LogP) is 3.03. The number of hydrogen-bond acceptors (Lipinski definition) is 4. The molecular formula is C15H25N3S. The molecule has 0 radical (unpaired) electrons. The molecule has 1 aromatic heterocycles. The molecular weight excluding hydrogens is 254 g/mol. The second kappa shape index (κ2) is 5.90. The van der Waals surface area contributed by atoms with E-state index in [1.807, 2.05) is 6.20 Å². The van der Waals surface area contributed by atoms with E-state index in [0.717, 1.165) is 6.54 Å². The summed E-state index contributed by atoms with van der Waals surface area (Å²) in [5.41, 5.74) is 0.418. The van der Waals surface area contributed by atoms with Crippen LogP contribution in [-0.2, 0) is 6.54 Å². The van der Waals surface area contributed by atoms with Crippen LogP contribution in [0.3, 0.4) is 0 Å². The molecule has 1 atom stereocenters. The van der Waals surface area contributed by atoms with Crippen LogP contribution in [0.25, 0.3) is 0 Å². The number of rotatable bonds is 4. The van der Waals surface area contributed by atoms with Crippen LogP contribution < -0.4 is 5.32 Å². The van der Waals surface area contributed by atoms with Crippen LogP contribution >= 0.6 is 11.3 Å². The van der Waals surface area contributed by atoms with Gasteiger partial charge in [-0.25, -0.2) is 4.98 Å². The van der Waals surface area contributed by atoms with Gasteiger partial charge in [0.2, 0.25) is 0 Å². The van der Waals surface area contributed by atoms with Crippen molar-refractivity contribution < 1.29 is 0 Å². The van der Waals surface area contributed by atoms with Gasteiger partial charge in [0.25, 0.3) is 0 Å². The minimum atomic E-state index is 0.418. The molecule has 2 heterocycles. The second-order valence-electron chi connectivity index (χ2n) is 6.14. The maximum atomic E-state index is 4.48. The number of thiazole rings is 1. The van der Waals surface area contributed by atoms with E-state index in [1.165, 1.54) is 56.6 Å². The fourth-order valence-electron chi connectivity index (χ4n) is 3.73. The van der Waals surface area contributed by atoms with Gasteiger partial charge in [-0.15, -0.1) is 11.3 Å². The number of hydrogen-bond donors (Lipinski definition) is 1. The zero-order chi connectivity index (χ0) is 13.1. The van der Waals surface area contributed by atoms with E-state index in [4.69, 9.17) is 0 Å². The summed E-state index contributed by atoms with van der Waals surface area (Å²) in [7, 11) is 0. The predicted molar refractivity (Wildman–Crippen MR) is 80.4 cm³/mol. The Morgan fingerprint density at radius 3 is 3.00 bits per heavy atom. The zero-order valence-corrected chi connectivity index (χ0v) is 12.7. The van der Waals surface area contributed by atoms with Gasteiger partial charge >= 0.3 is 0 Å². The molecule has 106 valence electrons. The van der Waals surface area contributed by atoms with Crippen molar-refractivity contribution in [1.29, 1.82) is 0 Å². The van der Waals surface area contributed by atoms with E-state index < -0.39 is 0 Å². The lowest BCUT2D eigenvalue weighted by molar-refractivity contribution is 0.0689. The van der Waals surface area contributed by atoms with Crippen molar-refractivity contribution in [2.24, 2.45) is 0 Å². The number of piperazine rings is 1. The largest absolute Gasteiger partial charge is 0.308 e. The van der Waals surface area contributed by atoms with Gasteiger partial charge in [-0.2, -0.15) is 0 Å². The highest BCUT2D eigenvalue weighted by atomic mass is 32.1. The highest BCUT2D eigenvalue weighted by Gasteiger charge is 2.40.